The van der Waals surface area contributed by atoms with Gasteiger partial charge in [-0.05, 0) is 39.2 Å². The zero-order chi connectivity index (χ0) is 14.6. The first-order chi connectivity index (χ1) is 8.84. The van der Waals surface area contributed by atoms with Gasteiger partial charge in [-0.2, -0.15) is 0 Å². The number of rotatable bonds is 5. The molecule has 1 amide bonds. The first-order valence-corrected chi connectivity index (χ1v) is 5.98. The molecule has 0 bridgehead atoms. The highest BCUT2D eigenvalue weighted by Gasteiger charge is 2.22. The second-order valence-electron chi connectivity index (χ2n) is 4.71. The molecule has 0 radical (unpaired) electrons. The van der Waals surface area contributed by atoms with Crippen molar-refractivity contribution in [3.8, 4) is 0 Å². The largest absolute Gasteiger partial charge is 0.396 e. The fraction of sp³-hybridized carbons (Fsp3) is 0.462. The molecule has 0 saturated carbocycles. The molecule has 0 aliphatic rings. The van der Waals surface area contributed by atoms with Gasteiger partial charge in [0.05, 0.1) is 5.69 Å². The van der Waals surface area contributed by atoms with Gasteiger partial charge in [-0.3, -0.25) is 4.79 Å². The first kappa shape index (κ1) is 15.4. The number of halogens is 2. The molecular formula is C13H19F2N3O. The Morgan fingerprint density at radius 1 is 1.21 bits per heavy atom. The predicted molar refractivity (Wildman–Crippen MR) is 70.9 cm³/mol. The van der Waals surface area contributed by atoms with Crippen LogP contribution in [-0.4, -0.2) is 49.9 Å². The molecule has 1 aromatic carbocycles. The molecule has 0 saturated heterocycles. The molecule has 0 aromatic heterocycles. The summed E-state index contributed by atoms with van der Waals surface area (Å²) in [7, 11) is 5.35. The summed E-state index contributed by atoms with van der Waals surface area (Å²) in [5, 5.41) is 0. The summed E-state index contributed by atoms with van der Waals surface area (Å²) < 4.78 is 27.2. The van der Waals surface area contributed by atoms with Crippen LogP contribution in [-0.2, 0) is 0 Å². The van der Waals surface area contributed by atoms with Gasteiger partial charge < -0.3 is 15.5 Å². The van der Waals surface area contributed by atoms with Crippen molar-refractivity contribution in [1.29, 1.82) is 0 Å². The molecule has 19 heavy (non-hydrogen) atoms. The second kappa shape index (κ2) is 6.47. The summed E-state index contributed by atoms with van der Waals surface area (Å²) in [5.74, 6) is -2.58. The number of hydrogen-bond acceptors (Lipinski definition) is 3. The summed E-state index contributed by atoms with van der Waals surface area (Å²) >= 11 is 0. The Hall–Kier alpha value is -1.69. The molecule has 0 spiro atoms. The van der Waals surface area contributed by atoms with E-state index >= 15 is 0 Å². The second-order valence-corrected chi connectivity index (χ2v) is 4.71. The van der Waals surface area contributed by atoms with Crippen molar-refractivity contribution in [2.75, 3.05) is 40.0 Å². The van der Waals surface area contributed by atoms with Crippen molar-refractivity contribution in [3.05, 3.63) is 29.3 Å². The minimum absolute atomic E-state index is 0.230. The lowest BCUT2D eigenvalue weighted by Gasteiger charge is -2.19. The van der Waals surface area contributed by atoms with Crippen molar-refractivity contribution in [2.45, 2.75) is 6.42 Å². The summed E-state index contributed by atoms with van der Waals surface area (Å²) in [6.45, 7) is 1.21. The van der Waals surface area contributed by atoms with Crippen LogP contribution in [0.4, 0.5) is 14.5 Å². The highest BCUT2D eigenvalue weighted by Crippen LogP contribution is 2.20. The maximum absolute atomic E-state index is 13.7. The topological polar surface area (TPSA) is 49.6 Å². The minimum atomic E-state index is -0.996. The van der Waals surface area contributed by atoms with E-state index in [4.69, 9.17) is 5.73 Å². The number of carbonyl (C=O) groups excluding carboxylic acids is 1. The van der Waals surface area contributed by atoms with Gasteiger partial charge in [0.2, 0.25) is 0 Å². The molecule has 6 heteroatoms. The summed E-state index contributed by atoms with van der Waals surface area (Å²) in [6.07, 6.45) is 0.723. The van der Waals surface area contributed by atoms with E-state index < -0.39 is 23.1 Å². The molecule has 1 aromatic rings. The predicted octanol–water partition coefficient (Wildman–Crippen LogP) is 1.57. The van der Waals surface area contributed by atoms with Crippen molar-refractivity contribution in [1.82, 2.24) is 9.80 Å². The third-order valence-corrected chi connectivity index (χ3v) is 2.78. The van der Waals surface area contributed by atoms with Gasteiger partial charge in [-0.15, -0.1) is 0 Å². The van der Waals surface area contributed by atoms with Gasteiger partial charge >= 0.3 is 0 Å². The minimum Gasteiger partial charge on any atom is -0.396 e. The van der Waals surface area contributed by atoms with E-state index in [0.717, 1.165) is 25.1 Å². The first-order valence-electron chi connectivity index (χ1n) is 5.98. The van der Waals surface area contributed by atoms with Crippen LogP contribution in [0, 0.1) is 11.6 Å². The number of carbonyl (C=O) groups is 1. The molecule has 4 nitrogen and oxygen atoms in total. The standard InChI is InChI=1S/C13H19F2N3O/c1-17(2)7-4-8-18(3)13(19)11-9(14)5-6-10(16)12(11)15/h5-6H,4,7-8,16H2,1-3H3. The molecule has 1 rings (SSSR count). The van der Waals surface area contributed by atoms with Crippen LogP contribution in [0.3, 0.4) is 0 Å². The highest BCUT2D eigenvalue weighted by atomic mass is 19.1. The zero-order valence-corrected chi connectivity index (χ0v) is 11.4. The van der Waals surface area contributed by atoms with E-state index in [9.17, 15) is 13.6 Å². The van der Waals surface area contributed by atoms with Crippen molar-refractivity contribution in [2.24, 2.45) is 0 Å². The van der Waals surface area contributed by atoms with Crippen LogP contribution >= 0.6 is 0 Å². The molecule has 2 N–H and O–H groups in total. The average Bonchev–Trinajstić information content (AvgIpc) is 2.33. The Morgan fingerprint density at radius 3 is 2.42 bits per heavy atom. The van der Waals surface area contributed by atoms with Gasteiger partial charge in [-0.1, -0.05) is 0 Å². The van der Waals surface area contributed by atoms with Gasteiger partial charge in [-0.25, -0.2) is 8.78 Å². The van der Waals surface area contributed by atoms with Crippen LogP contribution in [0.15, 0.2) is 12.1 Å². The van der Waals surface area contributed by atoms with E-state index in [2.05, 4.69) is 0 Å². The van der Waals surface area contributed by atoms with E-state index in [1.165, 1.54) is 11.9 Å². The Kier molecular flexibility index (Phi) is 5.23. The SMILES string of the molecule is CN(C)CCCN(C)C(=O)c1c(F)ccc(N)c1F. The lowest BCUT2D eigenvalue weighted by molar-refractivity contribution is 0.0781. The average molecular weight is 271 g/mol. The molecule has 106 valence electrons. The Bertz CT molecular complexity index is 463. The van der Waals surface area contributed by atoms with E-state index in [-0.39, 0.29) is 5.69 Å². The monoisotopic (exact) mass is 271 g/mol. The third kappa shape index (κ3) is 3.89. The Labute approximate surface area is 111 Å². The quantitative estimate of drug-likeness (QED) is 0.827. The van der Waals surface area contributed by atoms with Crippen molar-refractivity contribution >= 4 is 11.6 Å². The van der Waals surface area contributed by atoms with Gasteiger partial charge in [0, 0.05) is 13.6 Å². The third-order valence-electron chi connectivity index (χ3n) is 2.78. The number of benzene rings is 1. The van der Waals surface area contributed by atoms with Gasteiger partial charge in [0.1, 0.15) is 11.4 Å². The van der Waals surface area contributed by atoms with Crippen molar-refractivity contribution in [3.63, 3.8) is 0 Å². The maximum Gasteiger partial charge on any atom is 0.259 e. The van der Waals surface area contributed by atoms with E-state index in [1.54, 1.807) is 0 Å². The highest BCUT2D eigenvalue weighted by molar-refractivity contribution is 5.95. The fourth-order valence-electron chi connectivity index (χ4n) is 1.68. The summed E-state index contributed by atoms with van der Waals surface area (Å²) in [4.78, 5) is 15.3. The number of nitrogens with zero attached hydrogens (tertiary/aromatic N) is 2. The van der Waals surface area contributed by atoms with Crippen LogP contribution in [0.5, 0.6) is 0 Å². The zero-order valence-electron chi connectivity index (χ0n) is 11.4. The Morgan fingerprint density at radius 2 is 1.84 bits per heavy atom. The fourth-order valence-corrected chi connectivity index (χ4v) is 1.68. The lowest BCUT2D eigenvalue weighted by Crippen LogP contribution is -2.31. The number of hydrogen-bond donors (Lipinski definition) is 1. The van der Waals surface area contributed by atoms with Crippen LogP contribution in [0.1, 0.15) is 16.8 Å². The lowest BCUT2D eigenvalue weighted by atomic mass is 10.1. The molecular weight excluding hydrogens is 252 g/mol. The number of nitrogen functional groups attached to an aromatic ring is 1. The summed E-state index contributed by atoms with van der Waals surface area (Å²) in [5.41, 5.74) is 4.53. The normalized spacial score (nSPS) is 10.8. The number of amides is 1. The Balaban J connectivity index is 2.80. The van der Waals surface area contributed by atoms with Crippen LogP contribution in [0.25, 0.3) is 0 Å². The maximum atomic E-state index is 13.7. The smallest absolute Gasteiger partial charge is 0.259 e. The van der Waals surface area contributed by atoms with E-state index in [0.29, 0.717) is 6.54 Å². The molecule has 0 aliphatic heterocycles. The molecule has 0 atom stereocenters. The van der Waals surface area contributed by atoms with Crippen LogP contribution in [0.2, 0.25) is 0 Å². The number of nitrogens with two attached hydrogens (primary N) is 1. The molecule has 0 heterocycles. The summed E-state index contributed by atoms with van der Waals surface area (Å²) in [6, 6.07) is 2.10. The molecule has 0 fully saturated rings. The number of anilines is 1. The molecule has 0 unspecified atom stereocenters. The molecule has 0 aliphatic carbocycles. The van der Waals surface area contributed by atoms with E-state index in [1.807, 2.05) is 19.0 Å². The van der Waals surface area contributed by atoms with Gasteiger partial charge in [0.25, 0.3) is 5.91 Å². The van der Waals surface area contributed by atoms with Crippen LogP contribution < -0.4 is 5.73 Å². The van der Waals surface area contributed by atoms with Crippen molar-refractivity contribution < 1.29 is 13.6 Å². The van der Waals surface area contributed by atoms with Gasteiger partial charge in [0.15, 0.2) is 5.82 Å².